The third-order valence-electron chi connectivity index (χ3n) is 5.41. The van der Waals surface area contributed by atoms with Crippen molar-refractivity contribution in [1.29, 1.82) is 0 Å². The first-order valence-electron chi connectivity index (χ1n) is 8.94. The summed E-state index contributed by atoms with van der Waals surface area (Å²) >= 11 is 6.32. The highest BCUT2D eigenvalue weighted by Crippen LogP contribution is 2.35. The summed E-state index contributed by atoms with van der Waals surface area (Å²) < 4.78 is 12.1. The Kier molecular flexibility index (Phi) is 4.26. The van der Waals surface area contributed by atoms with Gasteiger partial charge in [-0.25, -0.2) is 0 Å². The van der Waals surface area contributed by atoms with Crippen molar-refractivity contribution in [3.8, 4) is 0 Å². The number of fused-ring (bicyclic) bond motifs is 5. The molecule has 5 heteroatoms. The van der Waals surface area contributed by atoms with E-state index in [4.69, 9.17) is 20.7 Å². The van der Waals surface area contributed by atoms with Crippen LogP contribution in [0.1, 0.15) is 27.7 Å². The van der Waals surface area contributed by atoms with Crippen LogP contribution >= 0.6 is 11.6 Å². The van der Waals surface area contributed by atoms with E-state index < -0.39 is 11.2 Å². The molecule has 0 spiro atoms. The number of halogens is 1. The zero-order valence-corrected chi connectivity index (χ0v) is 16.6. The number of furan rings is 1. The highest BCUT2D eigenvalue weighted by molar-refractivity contribution is 6.54. The Morgan fingerprint density at radius 1 is 0.963 bits per heavy atom. The van der Waals surface area contributed by atoms with Gasteiger partial charge in [0.1, 0.15) is 11.2 Å². The largest absolute Gasteiger partial charge is 0.456 e. The zero-order valence-electron chi connectivity index (χ0n) is 15.8. The van der Waals surface area contributed by atoms with Gasteiger partial charge in [-0.05, 0) is 56.1 Å². The molecule has 0 aliphatic heterocycles. The van der Waals surface area contributed by atoms with Gasteiger partial charge in [0.2, 0.25) is 0 Å². The molecule has 0 aliphatic rings. The van der Waals surface area contributed by atoms with Crippen molar-refractivity contribution in [2.45, 2.75) is 38.9 Å². The average molecular weight is 380 g/mol. The van der Waals surface area contributed by atoms with Crippen LogP contribution in [0.15, 0.2) is 52.9 Å². The summed E-state index contributed by atoms with van der Waals surface area (Å²) in [6.07, 6.45) is 0. The standard InChI is InChI=1S/C22H21BClO3/c1-21(2,25)22(3,4)27-23-16-11-14(24)12-18-20(16)19-15-8-6-5-7-13(15)9-10-17(19)26-18/h5-12,25H,1-4H3. The molecule has 0 bridgehead atoms. The lowest BCUT2D eigenvalue weighted by Crippen LogP contribution is -2.49. The molecule has 3 aromatic carbocycles. The summed E-state index contributed by atoms with van der Waals surface area (Å²) in [5.74, 6) is 0. The first-order chi connectivity index (χ1) is 12.7. The second-order valence-electron chi connectivity index (χ2n) is 7.94. The maximum absolute atomic E-state index is 10.4. The van der Waals surface area contributed by atoms with Crippen LogP contribution in [0, 0.1) is 0 Å². The van der Waals surface area contributed by atoms with E-state index in [1.54, 1.807) is 21.3 Å². The molecule has 27 heavy (non-hydrogen) atoms. The van der Waals surface area contributed by atoms with Gasteiger partial charge in [0.05, 0.1) is 11.2 Å². The molecule has 0 aliphatic carbocycles. The summed E-state index contributed by atoms with van der Waals surface area (Å²) in [6, 6.07) is 15.9. The summed E-state index contributed by atoms with van der Waals surface area (Å²) in [5.41, 5.74) is 0.562. The molecule has 4 aromatic rings. The van der Waals surface area contributed by atoms with Gasteiger partial charge >= 0.3 is 7.48 Å². The van der Waals surface area contributed by atoms with Gasteiger partial charge < -0.3 is 14.2 Å². The van der Waals surface area contributed by atoms with Crippen LogP contribution in [0.5, 0.6) is 0 Å². The van der Waals surface area contributed by atoms with Gasteiger partial charge in [0, 0.05) is 21.9 Å². The van der Waals surface area contributed by atoms with Gasteiger partial charge in [0.25, 0.3) is 0 Å². The number of hydrogen-bond acceptors (Lipinski definition) is 3. The molecule has 4 rings (SSSR count). The molecule has 1 heterocycles. The monoisotopic (exact) mass is 379 g/mol. The molecule has 1 aromatic heterocycles. The Morgan fingerprint density at radius 3 is 2.44 bits per heavy atom. The number of rotatable bonds is 4. The normalized spacial score (nSPS) is 13.0. The molecule has 0 amide bonds. The van der Waals surface area contributed by atoms with E-state index in [2.05, 4.69) is 18.2 Å². The Bertz CT molecular complexity index is 1160. The van der Waals surface area contributed by atoms with E-state index in [9.17, 15) is 5.11 Å². The quantitative estimate of drug-likeness (QED) is 0.495. The lowest BCUT2D eigenvalue weighted by atomic mass is 9.80. The maximum atomic E-state index is 10.4. The molecule has 1 N–H and O–H groups in total. The molecule has 3 nitrogen and oxygen atoms in total. The molecule has 0 fully saturated rings. The van der Waals surface area contributed by atoms with Crippen molar-refractivity contribution >= 4 is 57.3 Å². The minimum atomic E-state index is -1.01. The van der Waals surface area contributed by atoms with E-state index in [1.807, 2.05) is 44.2 Å². The van der Waals surface area contributed by atoms with Crippen molar-refractivity contribution < 1.29 is 14.2 Å². The second kappa shape index (κ2) is 6.27. The van der Waals surface area contributed by atoms with E-state index in [0.717, 1.165) is 32.6 Å². The lowest BCUT2D eigenvalue weighted by molar-refractivity contribution is -0.0893. The summed E-state index contributed by atoms with van der Waals surface area (Å²) in [4.78, 5) is 0. The van der Waals surface area contributed by atoms with Crippen LogP contribution < -0.4 is 5.46 Å². The predicted molar refractivity (Wildman–Crippen MR) is 113 cm³/mol. The Labute approximate surface area is 164 Å². The number of hydrogen-bond donors (Lipinski definition) is 1. The van der Waals surface area contributed by atoms with E-state index >= 15 is 0 Å². The summed E-state index contributed by atoms with van der Waals surface area (Å²) in [6.45, 7) is 7.17. The minimum absolute atomic E-state index is 0.571. The average Bonchev–Trinajstić information content (AvgIpc) is 2.97. The topological polar surface area (TPSA) is 42.6 Å². The van der Waals surface area contributed by atoms with Gasteiger partial charge in [0.15, 0.2) is 0 Å². The van der Waals surface area contributed by atoms with E-state index in [0.29, 0.717) is 10.6 Å². The lowest BCUT2D eigenvalue weighted by Gasteiger charge is -2.37. The molecular formula is C22H21BClO3. The van der Waals surface area contributed by atoms with Crippen LogP contribution in [0.2, 0.25) is 5.02 Å². The summed E-state index contributed by atoms with van der Waals surface area (Å²) in [7, 11) is 1.67. The molecule has 0 saturated heterocycles. The van der Waals surface area contributed by atoms with Gasteiger partial charge in [-0.15, -0.1) is 0 Å². The fourth-order valence-corrected chi connectivity index (χ4v) is 3.33. The molecule has 137 valence electrons. The smallest absolute Gasteiger partial charge is 0.331 e. The number of benzene rings is 3. The third kappa shape index (κ3) is 3.12. The zero-order chi connectivity index (χ0) is 19.4. The van der Waals surface area contributed by atoms with Crippen molar-refractivity contribution in [2.75, 3.05) is 0 Å². The van der Waals surface area contributed by atoms with Crippen molar-refractivity contribution in [2.24, 2.45) is 0 Å². The third-order valence-corrected chi connectivity index (χ3v) is 5.63. The van der Waals surface area contributed by atoms with Gasteiger partial charge in [-0.3, -0.25) is 0 Å². The van der Waals surface area contributed by atoms with Gasteiger partial charge in [-0.2, -0.15) is 0 Å². The molecular weight excluding hydrogens is 359 g/mol. The van der Waals surface area contributed by atoms with Crippen LogP contribution in [-0.2, 0) is 4.65 Å². The maximum Gasteiger partial charge on any atom is 0.331 e. The van der Waals surface area contributed by atoms with E-state index in [-0.39, 0.29) is 0 Å². The highest BCUT2D eigenvalue weighted by Gasteiger charge is 2.36. The first kappa shape index (κ1) is 18.4. The van der Waals surface area contributed by atoms with Crippen LogP contribution in [0.4, 0.5) is 0 Å². The predicted octanol–water partition coefficient (Wildman–Crippen LogP) is 5.20. The molecule has 0 atom stereocenters. The molecule has 0 unspecified atom stereocenters. The van der Waals surface area contributed by atoms with E-state index in [1.165, 1.54) is 0 Å². The minimum Gasteiger partial charge on any atom is -0.456 e. The first-order valence-corrected chi connectivity index (χ1v) is 9.32. The second-order valence-corrected chi connectivity index (χ2v) is 8.37. The van der Waals surface area contributed by atoms with Crippen LogP contribution in [0.3, 0.4) is 0 Å². The van der Waals surface area contributed by atoms with Crippen molar-refractivity contribution in [3.05, 3.63) is 53.6 Å². The fourth-order valence-electron chi connectivity index (χ4n) is 3.11. The van der Waals surface area contributed by atoms with Crippen molar-refractivity contribution in [1.82, 2.24) is 0 Å². The summed E-state index contributed by atoms with van der Waals surface area (Å²) in [5, 5.41) is 15.2. The molecule has 1 radical (unpaired) electrons. The number of aliphatic hydroxyl groups is 1. The Hall–Kier alpha value is -2.01. The molecule has 0 saturated carbocycles. The Morgan fingerprint density at radius 2 is 1.70 bits per heavy atom. The van der Waals surface area contributed by atoms with Crippen LogP contribution in [0.25, 0.3) is 32.7 Å². The van der Waals surface area contributed by atoms with Gasteiger partial charge in [-0.1, -0.05) is 41.9 Å². The Balaban J connectivity index is 1.93. The SMILES string of the molecule is CC(C)(O)C(C)(C)O[B]c1cc(Cl)cc2oc3ccc4ccccc4c3c12. The van der Waals surface area contributed by atoms with Crippen molar-refractivity contribution in [3.63, 3.8) is 0 Å². The fraction of sp³-hybridized carbons (Fsp3) is 0.273. The highest BCUT2D eigenvalue weighted by atomic mass is 35.5. The van der Waals surface area contributed by atoms with Crippen LogP contribution in [-0.4, -0.2) is 23.8 Å².